The molecule has 0 bridgehead atoms. The smallest absolute Gasteiger partial charge is 0.244 e. The Morgan fingerprint density at radius 2 is 1.79 bits per heavy atom. The van der Waals surface area contributed by atoms with Gasteiger partial charge in [0.2, 0.25) is 5.91 Å². The van der Waals surface area contributed by atoms with E-state index >= 15 is 0 Å². The van der Waals surface area contributed by atoms with Crippen molar-refractivity contribution in [2.75, 3.05) is 18.0 Å². The normalized spacial score (nSPS) is 18.9. The fourth-order valence-corrected chi connectivity index (χ4v) is 2.90. The van der Waals surface area contributed by atoms with Gasteiger partial charge in [-0.05, 0) is 31.2 Å². The third kappa shape index (κ3) is 3.28. The SMILES string of the molecule is C[C@@H]1C(=O)N(c2cccc(F)c2)CCN1Cc1ccc(F)cc1F. The molecule has 2 aromatic rings. The van der Waals surface area contributed by atoms with Gasteiger partial charge in [-0.15, -0.1) is 0 Å². The van der Waals surface area contributed by atoms with Crippen LogP contribution in [-0.2, 0) is 11.3 Å². The van der Waals surface area contributed by atoms with Gasteiger partial charge in [0.05, 0.1) is 6.04 Å². The molecular formula is C18H17F3N2O. The second-order valence-electron chi connectivity index (χ2n) is 5.85. The van der Waals surface area contributed by atoms with E-state index in [1.807, 2.05) is 4.90 Å². The number of hydrogen-bond donors (Lipinski definition) is 0. The number of nitrogens with zero attached hydrogens (tertiary/aromatic N) is 2. The number of anilines is 1. The third-order valence-electron chi connectivity index (χ3n) is 4.29. The van der Waals surface area contributed by atoms with Crippen LogP contribution in [0.15, 0.2) is 42.5 Å². The average Bonchev–Trinajstić information content (AvgIpc) is 2.54. The number of halogens is 3. The van der Waals surface area contributed by atoms with Crippen molar-refractivity contribution in [2.24, 2.45) is 0 Å². The standard InChI is InChI=1S/C18H17F3N2O/c1-12-18(24)23(16-4-2-3-14(19)9-16)8-7-22(12)11-13-5-6-15(20)10-17(13)21/h2-6,9-10,12H,7-8,11H2,1H3/t12-/m1/s1. The molecule has 3 rings (SSSR count). The number of amides is 1. The summed E-state index contributed by atoms with van der Waals surface area (Å²) in [5.74, 6) is -1.82. The van der Waals surface area contributed by atoms with Gasteiger partial charge in [0, 0.05) is 37.0 Å². The van der Waals surface area contributed by atoms with Gasteiger partial charge in [-0.25, -0.2) is 13.2 Å². The fourth-order valence-electron chi connectivity index (χ4n) is 2.90. The van der Waals surface area contributed by atoms with Gasteiger partial charge in [-0.2, -0.15) is 0 Å². The molecule has 1 fully saturated rings. The van der Waals surface area contributed by atoms with Crippen LogP contribution < -0.4 is 4.90 Å². The van der Waals surface area contributed by atoms with Crippen LogP contribution in [0.5, 0.6) is 0 Å². The van der Waals surface area contributed by atoms with Crippen molar-refractivity contribution in [1.29, 1.82) is 0 Å². The van der Waals surface area contributed by atoms with E-state index in [1.54, 1.807) is 19.1 Å². The highest BCUT2D eigenvalue weighted by atomic mass is 19.1. The molecule has 0 saturated carbocycles. The topological polar surface area (TPSA) is 23.6 Å². The first-order chi connectivity index (χ1) is 11.5. The number of carbonyl (C=O) groups excluding carboxylic acids is 1. The van der Waals surface area contributed by atoms with E-state index in [4.69, 9.17) is 0 Å². The summed E-state index contributed by atoms with van der Waals surface area (Å²) in [5, 5.41) is 0. The first kappa shape index (κ1) is 16.5. The number of hydrogen-bond acceptors (Lipinski definition) is 2. The van der Waals surface area contributed by atoms with Crippen LogP contribution in [-0.4, -0.2) is 29.9 Å². The minimum atomic E-state index is -0.628. The van der Waals surface area contributed by atoms with Crippen molar-refractivity contribution < 1.29 is 18.0 Å². The van der Waals surface area contributed by atoms with E-state index in [9.17, 15) is 18.0 Å². The lowest BCUT2D eigenvalue weighted by atomic mass is 10.1. The van der Waals surface area contributed by atoms with E-state index in [0.717, 1.165) is 6.07 Å². The molecular weight excluding hydrogens is 317 g/mol. The second-order valence-corrected chi connectivity index (χ2v) is 5.85. The minimum absolute atomic E-state index is 0.172. The maximum absolute atomic E-state index is 13.8. The zero-order valence-electron chi connectivity index (χ0n) is 13.2. The van der Waals surface area contributed by atoms with Crippen molar-refractivity contribution in [1.82, 2.24) is 4.90 Å². The molecule has 24 heavy (non-hydrogen) atoms. The van der Waals surface area contributed by atoms with Crippen LogP contribution in [0.2, 0.25) is 0 Å². The highest BCUT2D eigenvalue weighted by Gasteiger charge is 2.32. The zero-order chi connectivity index (χ0) is 17.3. The molecule has 3 nitrogen and oxygen atoms in total. The van der Waals surface area contributed by atoms with Crippen LogP contribution >= 0.6 is 0 Å². The summed E-state index contributed by atoms with van der Waals surface area (Å²) < 4.78 is 40.2. The first-order valence-electron chi connectivity index (χ1n) is 7.70. The zero-order valence-corrected chi connectivity index (χ0v) is 13.2. The predicted molar refractivity (Wildman–Crippen MR) is 85.0 cm³/mol. The number of carbonyl (C=O) groups is 1. The molecule has 0 spiro atoms. The van der Waals surface area contributed by atoms with Crippen molar-refractivity contribution in [2.45, 2.75) is 19.5 Å². The molecule has 0 N–H and O–H groups in total. The average molecular weight is 334 g/mol. The molecule has 0 aromatic heterocycles. The number of benzene rings is 2. The molecule has 6 heteroatoms. The second kappa shape index (κ2) is 6.65. The van der Waals surface area contributed by atoms with Gasteiger partial charge in [0.15, 0.2) is 0 Å². The summed E-state index contributed by atoms with van der Waals surface area (Å²) in [5.41, 5.74) is 0.856. The Balaban J connectivity index is 1.75. The van der Waals surface area contributed by atoms with Crippen molar-refractivity contribution in [3.05, 3.63) is 65.5 Å². The predicted octanol–water partition coefficient (Wildman–Crippen LogP) is 3.34. The Labute approximate surface area is 138 Å². The summed E-state index contributed by atoms with van der Waals surface area (Å²) in [4.78, 5) is 15.9. The van der Waals surface area contributed by atoms with Crippen LogP contribution in [0.4, 0.5) is 18.9 Å². The molecule has 0 unspecified atom stereocenters. The summed E-state index contributed by atoms with van der Waals surface area (Å²) in [6.07, 6.45) is 0. The Bertz CT molecular complexity index is 766. The highest BCUT2D eigenvalue weighted by Crippen LogP contribution is 2.23. The molecule has 2 aromatic carbocycles. The molecule has 1 atom stereocenters. The number of rotatable bonds is 3. The Morgan fingerprint density at radius 1 is 1.04 bits per heavy atom. The molecule has 0 radical (unpaired) electrons. The van der Waals surface area contributed by atoms with Gasteiger partial charge >= 0.3 is 0 Å². The van der Waals surface area contributed by atoms with Crippen LogP contribution in [0, 0.1) is 17.5 Å². The molecule has 1 amide bonds. The lowest BCUT2D eigenvalue weighted by Crippen LogP contribution is -2.55. The summed E-state index contributed by atoms with van der Waals surface area (Å²) in [7, 11) is 0. The lowest BCUT2D eigenvalue weighted by Gasteiger charge is -2.39. The van der Waals surface area contributed by atoms with Gasteiger partial charge in [0.1, 0.15) is 17.5 Å². The highest BCUT2D eigenvalue weighted by molar-refractivity contribution is 5.97. The summed E-state index contributed by atoms with van der Waals surface area (Å²) >= 11 is 0. The van der Waals surface area contributed by atoms with Gasteiger partial charge in [-0.1, -0.05) is 12.1 Å². The molecule has 1 aliphatic heterocycles. The Kier molecular flexibility index (Phi) is 4.57. The van der Waals surface area contributed by atoms with Crippen molar-refractivity contribution in [3.8, 4) is 0 Å². The quantitative estimate of drug-likeness (QED) is 0.859. The lowest BCUT2D eigenvalue weighted by molar-refractivity contribution is -0.125. The Morgan fingerprint density at radius 3 is 2.50 bits per heavy atom. The maximum Gasteiger partial charge on any atom is 0.244 e. The number of piperazine rings is 1. The summed E-state index contributed by atoms with van der Waals surface area (Å²) in [6, 6.07) is 8.84. The molecule has 1 aliphatic rings. The van der Waals surface area contributed by atoms with Crippen LogP contribution in [0.3, 0.4) is 0 Å². The van der Waals surface area contributed by atoms with E-state index in [-0.39, 0.29) is 12.5 Å². The van der Waals surface area contributed by atoms with E-state index in [1.165, 1.54) is 29.2 Å². The fraction of sp³-hybridized carbons (Fsp3) is 0.278. The Hall–Kier alpha value is -2.34. The monoisotopic (exact) mass is 334 g/mol. The van der Waals surface area contributed by atoms with E-state index < -0.39 is 23.5 Å². The summed E-state index contributed by atoms with van der Waals surface area (Å²) in [6.45, 7) is 2.85. The maximum atomic E-state index is 13.8. The van der Waals surface area contributed by atoms with Crippen molar-refractivity contribution >= 4 is 11.6 Å². The molecule has 1 heterocycles. The van der Waals surface area contributed by atoms with E-state index in [2.05, 4.69) is 0 Å². The van der Waals surface area contributed by atoms with Gasteiger partial charge in [0.25, 0.3) is 0 Å². The molecule has 0 aliphatic carbocycles. The minimum Gasteiger partial charge on any atom is -0.310 e. The van der Waals surface area contributed by atoms with Gasteiger partial charge in [-0.3, -0.25) is 9.69 Å². The van der Waals surface area contributed by atoms with Crippen molar-refractivity contribution in [3.63, 3.8) is 0 Å². The molecule has 126 valence electrons. The first-order valence-corrected chi connectivity index (χ1v) is 7.70. The largest absolute Gasteiger partial charge is 0.310 e. The van der Waals surface area contributed by atoms with Crippen LogP contribution in [0.1, 0.15) is 12.5 Å². The third-order valence-corrected chi connectivity index (χ3v) is 4.29. The van der Waals surface area contributed by atoms with E-state index in [0.29, 0.717) is 24.3 Å². The van der Waals surface area contributed by atoms with Crippen LogP contribution in [0.25, 0.3) is 0 Å². The molecule has 1 saturated heterocycles. The van der Waals surface area contributed by atoms with Gasteiger partial charge < -0.3 is 4.90 Å².